The third kappa shape index (κ3) is 2.46. The number of alkyl halides is 1. The Kier molecular flexibility index (Phi) is 3.64. The Balaban J connectivity index is 2.27. The van der Waals surface area contributed by atoms with Crippen molar-refractivity contribution in [1.29, 1.82) is 0 Å². The second-order valence-electron chi connectivity index (χ2n) is 4.25. The molecule has 0 spiro atoms. The molecule has 1 aliphatic carbocycles. The van der Waals surface area contributed by atoms with E-state index in [1.54, 1.807) is 0 Å². The molecule has 0 radical (unpaired) electrons. The molecule has 0 saturated carbocycles. The lowest BCUT2D eigenvalue weighted by Crippen LogP contribution is -2.17. The minimum absolute atomic E-state index is 0.240. The van der Waals surface area contributed by atoms with Gasteiger partial charge in [0.25, 0.3) is 0 Å². The van der Waals surface area contributed by atoms with Gasteiger partial charge in [-0.1, -0.05) is 28.1 Å². The summed E-state index contributed by atoms with van der Waals surface area (Å²) in [4.78, 5) is 11.0. The van der Waals surface area contributed by atoms with Gasteiger partial charge in [0.2, 0.25) is 0 Å². The Morgan fingerprint density at radius 3 is 3.06 bits per heavy atom. The topological polar surface area (TPSA) is 26.3 Å². The van der Waals surface area contributed by atoms with Gasteiger partial charge in [-0.2, -0.15) is 0 Å². The molecule has 0 aromatic heterocycles. The summed E-state index contributed by atoms with van der Waals surface area (Å²) in [5, 5.41) is 1.05. The summed E-state index contributed by atoms with van der Waals surface area (Å²) < 4.78 is 5.23. The number of hydrogen-bond acceptors (Lipinski definition) is 2. The average molecular weight is 283 g/mol. The van der Waals surface area contributed by atoms with Crippen molar-refractivity contribution in [2.75, 3.05) is 5.33 Å². The molecule has 0 amide bonds. The third-order valence-corrected chi connectivity index (χ3v) is 3.93. The van der Waals surface area contributed by atoms with Gasteiger partial charge in [-0.05, 0) is 42.4 Å². The highest BCUT2D eigenvalue weighted by atomic mass is 79.9. The fourth-order valence-electron chi connectivity index (χ4n) is 2.23. The van der Waals surface area contributed by atoms with Crippen LogP contribution < -0.4 is 4.74 Å². The maximum Gasteiger partial charge on any atom is 0.308 e. The Morgan fingerprint density at radius 1 is 1.56 bits per heavy atom. The number of carbonyl (C=O) groups excluding carboxylic acids is 1. The van der Waals surface area contributed by atoms with Gasteiger partial charge in [0.1, 0.15) is 5.75 Å². The number of esters is 1. The number of rotatable bonds is 2. The Hall–Kier alpha value is -0.830. The van der Waals surface area contributed by atoms with Gasteiger partial charge in [-0.25, -0.2) is 0 Å². The second-order valence-corrected chi connectivity index (χ2v) is 4.90. The molecule has 16 heavy (non-hydrogen) atoms. The summed E-state index contributed by atoms with van der Waals surface area (Å²) in [6.45, 7) is 1.45. The van der Waals surface area contributed by atoms with E-state index >= 15 is 0 Å². The molecule has 1 aromatic carbocycles. The lowest BCUT2D eigenvalue weighted by atomic mass is 9.84. The van der Waals surface area contributed by atoms with Crippen molar-refractivity contribution in [3.63, 3.8) is 0 Å². The van der Waals surface area contributed by atoms with E-state index in [4.69, 9.17) is 4.74 Å². The number of hydrogen-bond donors (Lipinski definition) is 0. The van der Waals surface area contributed by atoms with Crippen LogP contribution in [-0.2, 0) is 17.6 Å². The SMILES string of the molecule is CC(=O)Oc1cccc2c1CCC(CBr)C2. The first-order valence-corrected chi connectivity index (χ1v) is 6.68. The molecule has 1 unspecified atom stereocenters. The first-order valence-electron chi connectivity index (χ1n) is 5.56. The van der Waals surface area contributed by atoms with Crippen molar-refractivity contribution >= 4 is 21.9 Å². The van der Waals surface area contributed by atoms with Gasteiger partial charge >= 0.3 is 5.97 Å². The van der Waals surface area contributed by atoms with Crippen LogP contribution in [0.5, 0.6) is 5.75 Å². The Bertz CT molecular complexity index is 401. The summed E-state index contributed by atoms with van der Waals surface area (Å²) in [5.74, 6) is 1.22. The summed E-state index contributed by atoms with van der Waals surface area (Å²) in [7, 11) is 0. The molecule has 1 aliphatic rings. The highest BCUT2D eigenvalue weighted by Gasteiger charge is 2.20. The van der Waals surface area contributed by atoms with Crippen LogP contribution in [0.25, 0.3) is 0 Å². The van der Waals surface area contributed by atoms with Gasteiger partial charge in [0.15, 0.2) is 0 Å². The van der Waals surface area contributed by atoms with Crippen molar-refractivity contribution in [3.05, 3.63) is 29.3 Å². The molecule has 0 saturated heterocycles. The van der Waals surface area contributed by atoms with Crippen LogP contribution in [-0.4, -0.2) is 11.3 Å². The predicted octanol–water partition coefficient (Wildman–Crippen LogP) is 3.11. The zero-order valence-corrected chi connectivity index (χ0v) is 10.9. The van der Waals surface area contributed by atoms with Crippen molar-refractivity contribution in [2.45, 2.75) is 26.2 Å². The van der Waals surface area contributed by atoms with E-state index in [0.29, 0.717) is 5.92 Å². The van der Waals surface area contributed by atoms with Crippen molar-refractivity contribution < 1.29 is 9.53 Å². The van der Waals surface area contributed by atoms with E-state index in [1.807, 2.05) is 12.1 Å². The summed E-state index contributed by atoms with van der Waals surface area (Å²) in [6, 6.07) is 5.99. The summed E-state index contributed by atoms with van der Waals surface area (Å²) in [5.41, 5.74) is 2.55. The largest absolute Gasteiger partial charge is 0.426 e. The molecule has 0 heterocycles. The number of ether oxygens (including phenoxy) is 1. The molecular weight excluding hydrogens is 268 g/mol. The predicted molar refractivity (Wildman–Crippen MR) is 67.1 cm³/mol. The average Bonchev–Trinajstić information content (AvgIpc) is 2.28. The number of carbonyl (C=O) groups is 1. The lowest BCUT2D eigenvalue weighted by molar-refractivity contribution is -0.131. The van der Waals surface area contributed by atoms with Crippen LogP contribution in [0, 0.1) is 5.92 Å². The van der Waals surface area contributed by atoms with Crippen molar-refractivity contribution in [3.8, 4) is 5.75 Å². The summed E-state index contributed by atoms with van der Waals surface area (Å²) >= 11 is 3.54. The molecule has 0 N–H and O–H groups in total. The maximum absolute atomic E-state index is 11.0. The molecule has 0 fully saturated rings. The zero-order valence-electron chi connectivity index (χ0n) is 9.33. The Labute approximate surface area is 104 Å². The van der Waals surface area contributed by atoms with Crippen LogP contribution in [0.1, 0.15) is 24.5 Å². The highest BCUT2D eigenvalue weighted by Crippen LogP contribution is 2.32. The smallest absolute Gasteiger partial charge is 0.308 e. The quantitative estimate of drug-likeness (QED) is 0.473. The monoisotopic (exact) mass is 282 g/mol. The van der Waals surface area contributed by atoms with Crippen LogP contribution in [0.2, 0.25) is 0 Å². The first kappa shape index (κ1) is 11.6. The standard InChI is InChI=1S/C13H15BrO2/c1-9(15)16-13-4-2-3-11-7-10(8-14)5-6-12(11)13/h2-4,10H,5-8H2,1H3. The van der Waals surface area contributed by atoms with Gasteiger partial charge in [0, 0.05) is 12.3 Å². The van der Waals surface area contributed by atoms with E-state index < -0.39 is 0 Å². The van der Waals surface area contributed by atoms with Crippen LogP contribution >= 0.6 is 15.9 Å². The molecule has 2 nitrogen and oxygen atoms in total. The molecule has 3 heteroatoms. The minimum atomic E-state index is -0.240. The highest BCUT2D eigenvalue weighted by molar-refractivity contribution is 9.09. The van der Waals surface area contributed by atoms with Gasteiger partial charge in [-0.3, -0.25) is 4.79 Å². The molecular formula is C13H15BrO2. The van der Waals surface area contributed by atoms with Crippen LogP contribution in [0.15, 0.2) is 18.2 Å². The molecule has 0 bridgehead atoms. The van der Waals surface area contributed by atoms with Crippen molar-refractivity contribution in [2.24, 2.45) is 5.92 Å². The molecule has 1 aromatic rings. The van der Waals surface area contributed by atoms with Gasteiger partial charge in [0.05, 0.1) is 0 Å². The minimum Gasteiger partial charge on any atom is -0.426 e. The molecule has 2 rings (SSSR count). The molecule has 1 atom stereocenters. The van der Waals surface area contributed by atoms with E-state index in [0.717, 1.165) is 30.3 Å². The zero-order chi connectivity index (χ0) is 11.5. The Morgan fingerprint density at radius 2 is 2.38 bits per heavy atom. The maximum atomic E-state index is 11.0. The lowest BCUT2D eigenvalue weighted by Gasteiger charge is -2.24. The molecule has 86 valence electrons. The van der Waals surface area contributed by atoms with Crippen LogP contribution in [0.4, 0.5) is 0 Å². The number of fused-ring (bicyclic) bond motifs is 1. The number of benzene rings is 1. The van der Waals surface area contributed by atoms with E-state index in [2.05, 4.69) is 22.0 Å². The van der Waals surface area contributed by atoms with E-state index in [9.17, 15) is 4.79 Å². The van der Waals surface area contributed by atoms with E-state index in [-0.39, 0.29) is 5.97 Å². The third-order valence-electron chi connectivity index (χ3n) is 3.01. The fourth-order valence-corrected chi connectivity index (χ4v) is 2.78. The first-order chi connectivity index (χ1) is 7.70. The van der Waals surface area contributed by atoms with Gasteiger partial charge < -0.3 is 4.74 Å². The van der Waals surface area contributed by atoms with E-state index in [1.165, 1.54) is 18.1 Å². The fraction of sp³-hybridized carbons (Fsp3) is 0.462. The summed E-state index contributed by atoms with van der Waals surface area (Å²) in [6.07, 6.45) is 3.25. The number of halogens is 1. The molecule has 0 aliphatic heterocycles. The van der Waals surface area contributed by atoms with Gasteiger partial charge in [-0.15, -0.1) is 0 Å². The van der Waals surface area contributed by atoms with Crippen molar-refractivity contribution in [1.82, 2.24) is 0 Å². The normalized spacial score (nSPS) is 19.0. The second kappa shape index (κ2) is 5.00. The van der Waals surface area contributed by atoms with Crippen LogP contribution in [0.3, 0.4) is 0 Å².